The highest BCUT2D eigenvalue weighted by molar-refractivity contribution is 9.11. The van der Waals surface area contributed by atoms with Gasteiger partial charge in [-0.2, -0.15) is 13.2 Å². The van der Waals surface area contributed by atoms with Gasteiger partial charge < -0.3 is 5.32 Å². The zero-order valence-electron chi connectivity index (χ0n) is 11.0. The zero-order chi connectivity index (χ0) is 14.9. The monoisotopic (exact) mass is 413 g/mol. The molecule has 112 valence electrons. The van der Waals surface area contributed by atoms with Gasteiger partial charge in [0.2, 0.25) is 0 Å². The van der Waals surface area contributed by atoms with E-state index in [-0.39, 0.29) is 18.9 Å². The molecule has 6 heteroatoms. The molecule has 1 fully saturated rings. The number of benzene rings is 1. The van der Waals surface area contributed by atoms with Gasteiger partial charge in [0.1, 0.15) is 0 Å². The lowest BCUT2D eigenvalue weighted by atomic mass is 9.85. The van der Waals surface area contributed by atoms with Crippen molar-refractivity contribution in [3.8, 4) is 0 Å². The van der Waals surface area contributed by atoms with Gasteiger partial charge in [0.05, 0.1) is 11.6 Å². The lowest BCUT2D eigenvalue weighted by molar-refractivity contribution is -0.182. The van der Waals surface area contributed by atoms with Crippen molar-refractivity contribution >= 4 is 37.5 Å². The average molecular weight is 415 g/mol. The van der Waals surface area contributed by atoms with Crippen molar-refractivity contribution in [1.82, 2.24) is 0 Å². The first-order valence-corrected chi connectivity index (χ1v) is 8.15. The molecular weight excluding hydrogens is 399 g/mol. The van der Waals surface area contributed by atoms with Crippen molar-refractivity contribution in [2.45, 2.75) is 44.8 Å². The molecule has 0 aromatic heterocycles. The topological polar surface area (TPSA) is 12.0 Å². The maximum atomic E-state index is 12.8. The van der Waals surface area contributed by atoms with E-state index >= 15 is 0 Å². The van der Waals surface area contributed by atoms with Crippen molar-refractivity contribution in [2.24, 2.45) is 5.92 Å². The Morgan fingerprint density at radius 2 is 1.75 bits per heavy atom. The molecule has 1 aromatic carbocycles. The lowest BCUT2D eigenvalue weighted by Gasteiger charge is -2.32. The summed E-state index contributed by atoms with van der Waals surface area (Å²) in [5, 5.41) is 3.25. The predicted octanol–water partition coefficient (Wildman–Crippen LogP) is 6.05. The fraction of sp³-hybridized carbons (Fsp3) is 0.571. The summed E-state index contributed by atoms with van der Waals surface area (Å²) in [5.41, 5.74) is 1.93. The van der Waals surface area contributed by atoms with Crippen LogP contribution >= 0.6 is 31.9 Å². The molecule has 1 nitrogen and oxygen atoms in total. The number of hydrogen-bond donors (Lipinski definition) is 1. The Morgan fingerprint density at radius 3 is 2.30 bits per heavy atom. The van der Waals surface area contributed by atoms with Gasteiger partial charge in [-0.05, 0) is 75.7 Å². The zero-order valence-corrected chi connectivity index (χ0v) is 14.2. The molecule has 0 saturated heterocycles. The molecular formula is C14H16Br2F3N. The minimum Gasteiger partial charge on any atom is -0.380 e. The molecule has 1 aliphatic rings. The second-order valence-corrected chi connectivity index (χ2v) is 7.06. The largest absolute Gasteiger partial charge is 0.391 e. The van der Waals surface area contributed by atoms with Crippen LogP contribution in [0, 0.1) is 12.8 Å². The molecule has 0 amide bonds. The first kappa shape index (κ1) is 16.1. The number of halogens is 5. The summed E-state index contributed by atoms with van der Waals surface area (Å²) in [4.78, 5) is 0. The third-order valence-electron chi connectivity index (χ3n) is 3.67. The Bertz CT molecular complexity index is 465. The first-order chi connectivity index (χ1) is 9.27. The van der Waals surface area contributed by atoms with E-state index in [1.54, 1.807) is 0 Å². The number of hydrogen-bond acceptors (Lipinski definition) is 1. The quantitative estimate of drug-likeness (QED) is 0.620. The Labute approximate surface area is 133 Å². The molecule has 0 radical (unpaired) electrons. The van der Waals surface area contributed by atoms with Crippen LogP contribution in [-0.2, 0) is 0 Å². The summed E-state index contributed by atoms with van der Waals surface area (Å²) in [6.07, 6.45) is -2.29. The summed E-state index contributed by atoms with van der Waals surface area (Å²) in [6.45, 7) is 1.97. The normalized spacial score (nSPS) is 23.7. The molecule has 1 saturated carbocycles. The van der Waals surface area contributed by atoms with Gasteiger partial charge in [0, 0.05) is 15.0 Å². The molecule has 0 bridgehead atoms. The van der Waals surface area contributed by atoms with Gasteiger partial charge in [-0.15, -0.1) is 0 Å². The average Bonchev–Trinajstić information content (AvgIpc) is 2.33. The maximum Gasteiger partial charge on any atom is 0.391 e. The van der Waals surface area contributed by atoms with Crippen LogP contribution in [0.25, 0.3) is 0 Å². The predicted molar refractivity (Wildman–Crippen MR) is 82.0 cm³/mol. The van der Waals surface area contributed by atoms with Gasteiger partial charge in [0.25, 0.3) is 0 Å². The second kappa shape index (κ2) is 6.26. The fourth-order valence-corrected chi connectivity index (χ4v) is 4.30. The Balaban J connectivity index is 2.11. The molecule has 20 heavy (non-hydrogen) atoms. The maximum absolute atomic E-state index is 12.8. The molecule has 1 aliphatic carbocycles. The Kier molecular flexibility index (Phi) is 5.05. The first-order valence-electron chi connectivity index (χ1n) is 6.56. The molecule has 0 spiro atoms. The van der Waals surface area contributed by atoms with Crippen LogP contribution in [0.4, 0.5) is 18.9 Å². The second-order valence-electron chi connectivity index (χ2n) is 5.35. The van der Waals surface area contributed by atoms with Crippen LogP contribution in [0.5, 0.6) is 0 Å². The van der Waals surface area contributed by atoms with E-state index in [4.69, 9.17) is 0 Å². The van der Waals surface area contributed by atoms with Gasteiger partial charge in [-0.1, -0.05) is 6.42 Å². The van der Waals surface area contributed by atoms with Gasteiger partial charge >= 0.3 is 6.18 Å². The third-order valence-corrected chi connectivity index (χ3v) is 4.92. The van der Waals surface area contributed by atoms with Gasteiger partial charge in [-0.25, -0.2) is 0 Å². The van der Waals surface area contributed by atoms with Crippen molar-refractivity contribution < 1.29 is 13.2 Å². The number of anilines is 1. The highest BCUT2D eigenvalue weighted by atomic mass is 79.9. The van der Waals surface area contributed by atoms with Gasteiger partial charge in [0.15, 0.2) is 0 Å². The van der Waals surface area contributed by atoms with Crippen LogP contribution in [0.15, 0.2) is 21.1 Å². The molecule has 2 atom stereocenters. The lowest BCUT2D eigenvalue weighted by Crippen LogP contribution is -2.34. The number of nitrogens with one attached hydrogen (secondary N) is 1. The smallest absolute Gasteiger partial charge is 0.380 e. The van der Waals surface area contributed by atoms with E-state index in [0.717, 1.165) is 26.6 Å². The highest BCUT2D eigenvalue weighted by Crippen LogP contribution is 2.40. The summed E-state index contributed by atoms with van der Waals surface area (Å²) < 4.78 is 40.2. The van der Waals surface area contributed by atoms with Crippen molar-refractivity contribution in [1.29, 1.82) is 0 Å². The fourth-order valence-electron chi connectivity index (χ4n) is 2.66. The summed E-state index contributed by atoms with van der Waals surface area (Å²) in [6, 6.07) is 3.78. The van der Waals surface area contributed by atoms with E-state index in [0.29, 0.717) is 6.42 Å². The third kappa shape index (κ3) is 3.91. The molecule has 2 rings (SSSR count). The molecule has 0 aliphatic heterocycles. The van der Waals surface area contributed by atoms with E-state index in [9.17, 15) is 13.2 Å². The van der Waals surface area contributed by atoms with Crippen molar-refractivity contribution in [3.63, 3.8) is 0 Å². The minimum atomic E-state index is -4.08. The Morgan fingerprint density at radius 1 is 1.15 bits per heavy atom. The molecule has 1 aromatic rings. The summed E-state index contributed by atoms with van der Waals surface area (Å²) >= 11 is 6.93. The van der Waals surface area contributed by atoms with Crippen molar-refractivity contribution in [3.05, 3.63) is 26.6 Å². The van der Waals surface area contributed by atoms with E-state index < -0.39 is 12.1 Å². The van der Waals surface area contributed by atoms with Crippen molar-refractivity contribution in [2.75, 3.05) is 5.32 Å². The van der Waals surface area contributed by atoms with E-state index in [1.165, 1.54) is 0 Å². The van der Waals surface area contributed by atoms with Crippen LogP contribution < -0.4 is 5.32 Å². The Hall–Kier alpha value is -0.230. The summed E-state index contributed by atoms with van der Waals surface area (Å²) in [7, 11) is 0. The molecule has 2 unspecified atom stereocenters. The number of alkyl halides is 3. The minimum absolute atomic E-state index is 0.134. The van der Waals surface area contributed by atoms with Crippen LogP contribution in [-0.4, -0.2) is 12.2 Å². The van der Waals surface area contributed by atoms with Gasteiger partial charge in [-0.3, -0.25) is 0 Å². The highest BCUT2D eigenvalue weighted by Gasteiger charge is 2.42. The van der Waals surface area contributed by atoms with Crippen LogP contribution in [0.1, 0.15) is 31.2 Å². The molecule has 0 heterocycles. The number of rotatable bonds is 2. The van der Waals surface area contributed by atoms with Crippen LogP contribution in [0.2, 0.25) is 0 Å². The summed E-state index contributed by atoms with van der Waals surface area (Å²) in [5.74, 6) is -1.18. The molecule has 1 N–H and O–H groups in total. The van der Waals surface area contributed by atoms with E-state index in [1.807, 2.05) is 19.1 Å². The standard InChI is InChI=1S/C14H16Br2F3N/c1-8-5-11(15)13(12(16)6-8)20-10-4-2-3-9(7-10)14(17,18)19/h5-6,9-10,20H,2-4,7H2,1H3. The number of aryl methyl sites for hydroxylation is 1. The van der Waals surface area contributed by atoms with Crippen LogP contribution in [0.3, 0.4) is 0 Å². The SMILES string of the molecule is Cc1cc(Br)c(NC2CCCC(C(F)(F)F)C2)c(Br)c1. The van der Waals surface area contributed by atoms with E-state index in [2.05, 4.69) is 37.2 Å².